The first-order valence-electron chi connectivity index (χ1n) is 6.88. The van der Waals surface area contributed by atoms with E-state index in [-0.39, 0.29) is 5.41 Å². The van der Waals surface area contributed by atoms with Crippen molar-refractivity contribution in [3.05, 3.63) is 23.3 Å². The molecule has 0 saturated heterocycles. The number of aliphatic hydroxyl groups is 1. The molecule has 1 nitrogen and oxygen atoms in total. The van der Waals surface area contributed by atoms with Crippen molar-refractivity contribution >= 4 is 0 Å². The summed E-state index contributed by atoms with van der Waals surface area (Å²) in [6.07, 6.45) is 10.5. The fourth-order valence-corrected chi connectivity index (χ4v) is 2.70. The number of rotatable bonds is 5. The predicted molar refractivity (Wildman–Crippen MR) is 75.0 cm³/mol. The summed E-state index contributed by atoms with van der Waals surface area (Å²) >= 11 is 0. The van der Waals surface area contributed by atoms with Crippen LogP contribution in [0.4, 0.5) is 0 Å². The topological polar surface area (TPSA) is 20.2 Å². The van der Waals surface area contributed by atoms with Crippen LogP contribution in [0.5, 0.6) is 0 Å². The van der Waals surface area contributed by atoms with Crippen LogP contribution in [-0.2, 0) is 0 Å². The lowest BCUT2D eigenvalue weighted by molar-refractivity contribution is 0.0637. The Bertz CT molecular complexity index is 297. The second-order valence-electron chi connectivity index (χ2n) is 6.15. The molecule has 0 spiro atoms. The second-order valence-corrected chi connectivity index (χ2v) is 6.15. The molecule has 1 aliphatic carbocycles. The molecule has 0 aliphatic heterocycles. The minimum absolute atomic E-state index is 0.100. The van der Waals surface area contributed by atoms with Gasteiger partial charge >= 0.3 is 0 Å². The van der Waals surface area contributed by atoms with E-state index in [1.807, 2.05) is 0 Å². The van der Waals surface area contributed by atoms with Crippen molar-refractivity contribution in [1.29, 1.82) is 0 Å². The first-order chi connectivity index (χ1) is 7.98. The van der Waals surface area contributed by atoms with Crippen LogP contribution in [0.15, 0.2) is 23.3 Å². The monoisotopic (exact) mass is 236 g/mol. The third kappa shape index (κ3) is 4.31. The Morgan fingerprint density at radius 1 is 1.53 bits per heavy atom. The summed E-state index contributed by atoms with van der Waals surface area (Å²) in [5.41, 5.74) is 3.00. The average molecular weight is 236 g/mol. The van der Waals surface area contributed by atoms with Crippen LogP contribution in [0.3, 0.4) is 0 Å². The molecule has 1 heteroatoms. The summed E-state index contributed by atoms with van der Waals surface area (Å²) < 4.78 is 0. The minimum atomic E-state index is 0.100. The van der Waals surface area contributed by atoms with Gasteiger partial charge in [-0.05, 0) is 64.2 Å². The van der Waals surface area contributed by atoms with E-state index < -0.39 is 0 Å². The Balaban J connectivity index is 2.58. The van der Waals surface area contributed by atoms with Crippen molar-refractivity contribution in [1.82, 2.24) is 0 Å². The van der Waals surface area contributed by atoms with Gasteiger partial charge in [-0.2, -0.15) is 0 Å². The number of hydrogen-bond donors (Lipinski definition) is 1. The Hall–Kier alpha value is -0.560. The number of aliphatic hydroxyl groups excluding tert-OH is 1. The highest BCUT2D eigenvalue weighted by molar-refractivity contribution is 5.05. The maximum absolute atomic E-state index is 9.73. The van der Waals surface area contributed by atoms with E-state index in [2.05, 4.69) is 39.8 Å². The molecule has 0 radical (unpaired) electrons. The van der Waals surface area contributed by atoms with Crippen molar-refractivity contribution in [2.45, 2.75) is 59.8 Å². The van der Waals surface area contributed by atoms with Gasteiger partial charge in [0.05, 0.1) is 0 Å². The van der Waals surface area contributed by atoms with Gasteiger partial charge in [0.2, 0.25) is 0 Å². The van der Waals surface area contributed by atoms with Crippen LogP contribution in [0.1, 0.15) is 59.8 Å². The molecule has 2 atom stereocenters. The van der Waals surface area contributed by atoms with Gasteiger partial charge in [-0.3, -0.25) is 0 Å². The maximum atomic E-state index is 9.73. The zero-order valence-corrected chi connectivity index (χ0v) is 11.9. The number of hydrogen-bond acceptors (Lipinski definition) is 1. The molecule has 0 aromatic heterocycles. The summed E-state index contributed by atoms with van der Waals surface area (Å²) in [6.45, 7) is 9.08. The molecule has 0 saturated carbocycles. The fourth-order valence-electron chi connectivity index (χ4n) is 2.70. The molecule has 1 unspecified atom stereocenters. The number of allylic oxidation sites excluding steroid dienone is 4. The highest BCUT2D eigenvalue weighted by Crippen LogP contribution is 2.40. The molecule has 1 aliphatic rings. The van der Waals surface area contributed by atoms with Gasteiger partial charge in [0.1, 0.15) is 0 Å². The molecule has 17 heavy (non-hydrogen) atoms. The Kier molecular flexibility index (Phi) is 5.45. The largest absolute Gasteiger partial charge is 0.396 e. The van der Waals surface area contributed by atoms with Gasteiger partial charge in [0.25, 0.3) is 0 Å². The normalized spacial score (nSPS) is 23.8. The van der Waals surface area contributed by atoms with Gasteiger partial charge in [-0.1, -0.05) is 30.2 Å². The van der Waals surface area contributed by atoms with Crippen LogP contribution in [0.25, 0.3) is 0 Å². The first kappa shape index (κ1) is 14.5. The van der Waals surface area contributed by atoms with E-state index in [0.29, 0.717) is 12.5 Å². The third-order valence-electron chi connectivity index (χ3n) is 4.25. The highest BCUT2D eigenvalue weighted by Gasteiger charge is 2.33. The Labute approximate surface area is 107 Å². The lowest BCUT2D eigenvalue weighted by atomic mass is 9.68. The lowest BCUT2D eigenvalue weighted by Crippen LogP contribution is -2.32. The third-order valence-corrected chi connectivity index (χ3v) is 4.25. The van der Waals surface area contributed by atoms with E-state index in [0.717, 1.165) is 19.3 Å². The summed E-state index contributed by atoms with van der Waals surface area (Å²) in [4.78, 5) is 0. The average Bonchev–Trinajstić information content (AvgIpc) is 2.29. The van der Waals surface area contributed by atoms with Crippen molar-refractivity contribution in [3.63, 3.8) is 0 Å². The summed E-state index contributed by atoms with van der Waals surface area (Å²) in [5.74, 6) is 0.654. The summed E-state index contributed by atoms with van der Waals surface area (Å²) in [6, 6.07) is 0. The van der Waals surface area contributed by atoms with Crippen molar-refractivity contribution in [2.75, 3.05) is 6.61 Å². The van der Waals surface area contributed by atoms with E-state index >= 15 is 0 Å². The van der Waals surface area contributed by atoms with Gasteiger partial charge in [-0.25, -0.2) is 0 Å². The Morgan fingerprint density at radius 3 is 2.71 bits per heavy atom. The van der Waals surface area contributed by atoms with E-state index in [9.17, 15) is 5.11 Å². The van der Waals surface area contributed by atoms with Gasteiger partial charge in [0, 0.05) is 6.61 Å². The molecule has 0 aromatic rings. The molecule has 0 aromatic carbocycles. The van der Waals surface area contributed by atoms with Crippen molar-refractivity contribution < 1.29 is 5.11 Å². The molecule has 0 fully saturated rings. The van der Waals surface area contributed by atoms with Crippen LogP contribution in [-0.4, -0.2) is 11.7 Å². The first-order valence-corrected chi connectivity index (χ1v) is 6.88. The van der Waals surface area contributed by atoms with Gasteiger partial charge in [-0.15, -0.1) is 0 Å². The summed E-state index contributed by atoms with van der Waals surface area (Å²) in [5, 5.41) is 9.73. The van der Waals surface area contributed by atoms with E-state index in [1.165, 1.54) is 24.0 Å². The van der Waals surface area contributed by atoms with Crippen molar-refractivity contribution in [3.8, 4) is 0 Å². The molecule has 0 heterocycles. The van der Waals surface area contributed by atoms with Crippen LogP contribution >= 0.6 is 0 Å². The second kappa shape index (κ2) is 6.39. The maximum Gasteiger partial charge on any atom is 0.0487 e. The van der Waals surface area contributed by atoms with Crippen molar-refractivity contribution in [2.24, 2.45) is 11.3 Å². The molecule has 0 bridgehead atoms. The van der Waals surface area contributed by atoms with Crippen LogP contribution < -0.4 is 0 Å². The van der Waals surface area contributed by atoms with E-state index in [1.54, 1.807) is 0 Å². The predicted octanol–water partition coefficient (Wildman–Crippen LogP) is 4.48. The standard InChI is InChI=1S/C16H28O/c1-13(2)6-5-11-16(4,12-17)15-9-7-14(3)8-10-15/h6-7,15,17H,5,8-12H2,1-4H3/t15?,16-/m1/s1. The smallest absolute Gasteiger partial charge is 0.0487 e. The SMILES string of the molecule is CC(C)=CCC[C@](C)(CO)C1CC=C(C)CC1. The molecular weight excluding hydrogens is 208 g/mol. The van der Waals surface area contributed by atoms with E-state index in [4.69, 9.17) is 0 Å². The minimum Gasteiger partial charge on any atom is -0.396 e. The Morgan fingerprint density at radius 2 is 2.24 bits per heavy atom. The molecule has 1 N–H and O–H groups in total. The molecule has 0 amide bonds. The lowest BCUT2D eigenvalue weighted by Gasteiger charge is -2.38. The van der Waals surface area contributed by atoms with Gasteiger partial charge < -0.3 is 5.11 Å². The fraction of sp³-hybridized carbons (Fsp3) is 0.750. The zero-order valence-electron chi connectivity index (χ0n) is 11.9. The molecule has 1 rings (SSSR count). The zero-order chi connectivity index (χ0) is 12.9. The molecular formula is C16H28O. The summed E-state index contributed by atoms with van der Waals surface area (Å²) in [7, 11) is 0. The highest BCUT2D eigenvalue weighted by atomic mass is 16.3. The van der Waals surface area contributed by atoms with Crippen LogP contribution in [0.2, 0.25) is 0 Å². The quantitative estimate of drug-likeness (QED) is 0.698. The molecule has 98 valence electrons. The van der Waals surface area contributed by atoms with Crippen LogP contribution in [0, 0.1) is 11.3 Å². The van der Waals surface area contributed by atoms with Gasteiger partial charge in [0.15, 0.2) is 0 Å².